The van der Waals surface area contributed by atoms with Gasteiger partial charge >= 0.3 is 6.09 Å². The van der Waals surface area contributed by atoms with Crippen molar-refractivity contribution in [2.75, 3.05) is 6.61 Å². The van der Waals surface area contributed by atoms with Crippen LogP contribution in [0.5, 0.6) is 0 Å². The fourth-order valence-corrected chi connectivity index (χ4v) is 1.99. The van der Waals surface area contributed by atoms with Gasteiger partial charge in [0, 0.05) is 10.9 Å². The molecule has 0 aliphatic carbocycles. The number of primary amides is 1. The number of carbonyl (C=O) groups is 1. The van der Waals surface area contributed by atoms with Gasteiger partial charge in [-0.2, -0.15) is 4.80 Å². The predicted molar refractivity (Wildman–Crippen MR) is 76.2 cm³/mol. The molecule has 112 valence electrons. The van der Waals surface area contributed by atoms with Gasteiger partial charge in [-0.25, -0.2) is 4.79 Å². The summed E-state index contributed by atoms with van der Waals surface area (Å²) in [5.41, 5.74) is 6.02. The highest BCUT2D eigenvalue weighted by Gasteiger charge is 2.21. The number of nitrogens with zero attached hydrogens (tertiary/aromatic N) is 4. The summed E-state index contributed by atoms with van der Waals surface area (Å²) in [6.07, 6.45) is -1.26. The Morgan fingerprint density at radius 2 is 2.14 bits per heavy atom. The molecule has 2 rings (SSSR count). The molecule has 0 spiro atoms. The van der Waals surface area contributed by atoms with Gasteiger partial charge in [-0.05, 0) is 22.9 Å². The minimum Gasteiger partial charge on any atom is -0.438 e. The molecule has 0 aliphatic heterocycles. The summed E-state index contributed by atoms with van der Waals surface area (Å²) in [7, 11) is 0. The summed E-state index contributed by atoms with van der Waals surface area (Å²) in [4.78, 5) is 12.3. The van der Waals surface area contributed by atoms with Crippen molar-refractivity contribution in [3.63, 3.8) is 0 Å². The van der Waals surface area contributed by atoms with E-state index in [9.17, 15) is 4.79 Å². The summed E-state index contributed by atoms with van der Waals surface area (Å²) < 4.78 is 6.00. The van der Waals surface area contributed by atoms with Crippen molar-refractivity contribution in [2.45, 2.75) is 19.1 Å². The first kappa shape index (κ1) is 15.4. The summed E-state index contributed by atoms with van der Waals surface area (Å²) >= 11 is 3.35. The molecule has 1 unspecified atom stereocenters. The van der Waals surface area contributed by atoms with Crippen LogP contribution in [0, 0.1) is 0 Å². The molecular formula is C12H14BrN5O3. The number of amides is 1. The Kier molecular flexibility index (Phi) is 5.23. The molecule has 3 N–H and O–H groups in total. The summed E-state index contributed by atoms with van der Waals surface area (Å²) in [5, 5.41) is 20.5. The number of benzene rings is 1. The lowest BCUT2D eigenvalue weighted by Crippen LogP contribution is -2.20. The van der Waals surface area contributed by atoms with Crippen LogP contribution in [0.3, 0.4) is 0 Å². The monoisotopic (exact) mass is 355 g/mol. The number of hydrogen-bond acceptors (Lipinski definition) is 6. The largest absolute Gasteiger partial charge is 0.438 e. The fraction of sp³-hybridized carbons (Fsp3) is 0.333. The Labute approximate surface area is 129 Å². The van der Waals surface area contributed by atoms with E-state index in [2.05, 4.69) is 31.3 Å². The van der Waals surface area contributed by atoms with Gasteiger partial charge in [0.15, 0.2) is 6.10 Å². The summed E-state index contributed by atoms with van der Waals surface area (Å²) in [6.45, 7) is 0.110. The SMILES string of the molecule is NC(=O)OC(Cc1ccc(Br)cc1)c1nnn(CCO)n1. The van der Waals surface area contributed by atoms with Crippen LogP contribution in [0.4, 0.5) is 4.79 Å². The van der Waals surface area contributed by atoms with Crippen molar-refractivity contribution in [3.8, 4) is 0 Å². The van der Waals surface area contributed by atoms with Gasteiger partial charge in [-0.1, -0.05) is 28.1 Å². The highest BCUT2D eigenvalue weighted by molar-refractivity contribution is 9.10. The first-order valence-corrected chi connectivity index (χ1v) is 6.97. The molecule has 8 nitrogen and oxygen atoms in total. The Balaban J connectivity index is 2.16. The number of carbonyl (C=O) groups excluding carboxylic acids is 1. The Morgan fingerprint density at radius 1 is 1.43 bits per heavy atom. The van der Waals surface area contributed by atoms with Crippen molar-refractivity contribution < 1.29 is 14.6 Å². The molecule has 0 saturated heterocycles. The number of aromatic nitrogens is 4. The average molecular weight is 356 g/mol. The standard InChI is InChI=1S/C12H14BrN5O3/c13-9-3-1-8(2-4-9)7-10(21-12(14)20)11-15-17-18(16-11)5-6-19/h1-4,10,19H,5-7H2,(H2,14,20). The van der Waals surface area contributed by atoms with Gasteiger partial charge in [0.2, 0.25) is 5.82 Å². The molecule has 9 heteroatoms. The predicted octanol–water partition coefficient (Wildman–Crippen LogP) is 0.807. The summed E-state index contributed by atoms with van der Waals surface area (Å²) in [5.74, 6) is 0.241. The third kappa shape index (κ3) is 4.50. The molecule has 1 amide bonds. The third-order valence-electron chi connectivity index (χ3n) is 2.65. The van der Waals surface area contributed by atoms with Crippen LogP contribution < -0.4 is 5.73 Å². The van der Waals surface area contributed by atoms with Crippen LogP contribution in [0.2, 0.25) is 0 Å². The lowest BCUT2D eigenvalue weighted by Gasteiger charge is -2.13. The van der Waals surface area contributed by atoms with Crippen LogP contribution in [0.25, 0.3) is 0 Å². The zero-order valence-corrected chi connectivity index (χ0v) is 12.6. The van der Waals surface area contributed by atoms with Gasteiger partial charge in [-0.15, -0.1) is 10.2 Å². The first-order valence-electron chi connectivity index (χ1n) is 6.17. The molecule has 1 heterocycles. The first-order chi connectivity index (χ1) is 10.1. The minimum absolute atomic E-state index is 0.107. The molecule has 21 heavy (non-hydrogen) atoms. The number of halogens is 1. The molecule has 2 aromatic rings. The lowest BCUT2D eigenvalue weighted by atomic mass is 10.1. The Hall–Kier alpha value is -2.00. The van der Waals surface area contributed by atoms with Crippen molar-refractivity contribution in [1.29, 1.82) is 0 Å². The zero-order chi connectivity index (χ0) is 15.2. The van der Waals surface area contributed by atoms with Crippen LogP contribution in [0.15, 0.2) is 28.7 Å². The Morgan fingerprint density at radius 3 is 2.76 bits per heavy atom. The topological polar surface area (TPSA) is 116 Å². The summed E-state index contributed by atoms with van der Waals surface area (Å²) in [6, 6.07) is 7.54. The second-order valence-electron chi connectivity index (χ2n) is 4.22. The van der Waals surface area contributed by atoms with E-state index in [1.807, 2.05) is 24.3 Å². The average Bonchev–Trinajstić information content (AvgIpc) is 2.89. The number of nitrogens with two attached hydrogens (primary N) is 1. The number of tetrazole rings is 1. The molecule has 0 aliphatic rings. The van der Waals surface area contributed by atoms with Crippen molar-refractivity contribution in [3.05, 3.63) is 40.1 Å². The number of ether oxygens (including phenoxy) is 1. The van der Waals surface area contributed by atoms with Gasteiger partial charge in [0.25, 0.3) is 0 Å². The van der Waals surface area contributed by atoms with E-state index >= 15 is 0 Å². The maximum Gasteiger partial charge on any atom is 0.405 e. The van der Waals surface area contributed by atoms with Crippen LogP contribution in [-0.4, -0.2) is 38.0 Å². The number of aliphatic hydroxyl groups is 1. The van der Waals surface area contributed by atoms with Gasteiger partial charge < -0.3 is 15.6 Å². The lowest BCUT2D eigenvalue weighted by molar-refractivity contribution is 0.101. The molecule has 1 aromatic heterocycles. The Bertz CT molecular complexity index is 601. The van der Waals surface area contributed by atoms with E-state index in [1.165, 1.54) is 4.80 Å². The van der Waals surface area contributed by atoms with Gasteiger partial charge in [-0.3, -0.25) is 0 Å². The van der Waals surface area contributed by atoms with E-state index < -0.39 is 12.2 Å². The maximum absolute atomic E-state index is 11.0. The molecule has 1 aromatic carbocycles. The number of aliphatic hydroxyl groups excluding tert-OH is 1. The molecule has 0 fully saturated rings. The van der Waals surface area contributed by atoms with E-state index in [0.29, 0.717) is 6.42 Å². The van der Waals surface area contributed by atoms with Crippen molar-refractivity contribution >= 4 is 22.0 Å². The third-order valence-corrected chi connectivity index (χ3v) is 3.18. The normalized spacial score (nSPS) is 12.1. The van der Waals surface area contributed by atoms with E-state index in [0.717, 1.165) is 10.0 Å². The van der Waals surface area contributed by atoms with Crippen LogP contribution >= 0.6 is 15.9 Å². The second kappa shape index (κ2) is 7.14. The second-order valence-corrected chi connectivity index (χ2v) is 5.14. The van der Waals surface area contributed by atoms with E-state index in [4.69, 9.17) is 15.6 Å². The highest BCUT2D eigenvalue weighted by atomic mass is 79.9. The molecule has 0 saturated carbocycles. The minimum atomic E-state index is -0.907. The quantitative estimate of drug-likeness (QED) is 0.791. The van der Waals surface area contributed by atoms with E-state index in [1.54, 1.807) is 0 Å². The number of hydrogen-bond donors (Lipinski definition) is 2. The van der Waals surface area contributed by atoms with Crippen LogP contribution in [0.1, 0.15) is 17.5 Å². The molecule has 0 bridgehead atoms. The van der Waals surface area contributed by atoms with Gasteiger partial charge in [0.1, 0.15) is 0 Å². The van der Waals surface area contributed by atoms with Gasteiger partial charge in [0.05, 0.1) is 13.2 Å². The number of rotatable bonds is 6. The fourth-order valence-electron chi connectivity index (χ4n) is 1.73. The molecule has 0 radical (unpaired) electrons. The van der Waals surface area contributed by atoms with E-state index in [-0.39, 0.29) is 19.0 Å². The van der Waals surface area contributed by atoms with Crippen LogP contribution in [-0.2, 0) is 17.7 Å². The molecule has 1 atom stereocenters. The highest BCUT2D eigenvalue weighted by Crippen LogP contribution is 2.20. The smallest absolute Gasteiger partial charge is 0.405 e. The zero-order valence-electron chi connectivity index (χ0n) is 11.0. The maximum atomic E-state index is 11.0. The molecular weight excluding hydrogens is 342 g/mol. The van der Waals surface area contributed by atoms with Crippen molar-refractivity contribution in [2.24, 2.45) is 5.73 Å². The van der Waals surface area contributed by atoms with Crippen molar-refractivity contribution in [1.82, 2.24) is 20.2 Å².